The number of fused-ring (bicyclic) bond motifs is 1. The van der Waals surface area contributed by atoms with Gasteiger partial charge in [0.25, 0.3) is 11.5 Å². The van der Waals surface area contributed by atoms with Gasteiger partial charge >= 0.3 is 0 Å². The Morgan fingerprint density at radius 2 is 1.74 bits per heavy atom. The second kappa shape index (κ2) is 6.48. The number of carbonyl (C=O) groups is 1. The molecule has 0 spiro atoms. The van der Waals surface area contributed by atoms with Crippen LogP contribution < -0.4 is 10.9 Å². The summed E-state index contributed by atoms with van der Waals surface area (Å²) in [6, 6.07) is 19.1. The summed E-state index contributed by atoms with van der Waals surface area (Å²) < 4.78 is 1.52. The predicted molar refractivity (Wildman–Crippen MR) is 91.7 cm³/mol. The van der Waals surface area contributed by atoms with Gasteiger partial charge in [-0.2, -0.15) is 0 Å². The molecule has 0 unspecified atom stereocenters. The van der Waals surface area contributed by atoms with Crippen molar-refractivity contribution in [2.24, 2.45) is 7.05 Å². The molecule has 4 heteroatoms. The largest absolute Gasteiger partial charge is 0.352 e. The summed E-state index contributed by atoms with van der Waals surface area (Å²) >= 11 is 0. The monoisotopic (exact) mass is 306 g/mol. The Bertz CT molecular complexity index is 898. The third-order valence-corrected chi connectivity index (χ3v) is 3.92. The minimum Gasteiger partial charge on any atom is -0.352 e. The van der Waals surface area contributed by atoms with Gasteiger partial charge in [0.05, 0.1) is 5.52 Å². The maximum Gasteiger partial charge on any atom is 0.263 e. The molecule has 0 saturated carbocycles. The molecule has 3 rings (SSSR count). The van der Waals surface area contributed by atoms with E-state index in [1.165, 1.54) is 4.57 Å². The average Bonchev–Trinajstić information content (AvgIpc) is 2.59. The number of aromatic nitrogens is 1. The SMILES string of the molecule is Cn1c(=O)c(C(=O)NCCc2ccccc2)cc2ccccc21. The van der Waals surface area contributed by atoms with Crippen molar-refractivity contribution >= 4 is 16.8 Å². The highest BCUT2D eigenvalue weighted by molar-refractivity contribution is 5.97. The number of aryl methyl sites for hydroxylation is 1. The smallest absolute Gasteiger partial charge is 0.263 e. The zero-order chi connectivity index (χ0) is 16.2. The van der Waals surface area contributed by atoms with E-state index < -0.39 is 0 Å². The Morgan fingerprint density at radius 3 is 2.52 bits per heavy atom. The third kappa shape index (κ3) is 3.16. The maximum atomic E-state index is 12.4. The van der Waals surface area contributed by atoms with Gasteiger partial charge in [0.2, 0.25) is 0 Å². The normalized spacial score (nSPS) is 10.7. The van der Waals surface area contributed by atoms with Crippen LogP contribution in [0.3, 0.4) is 0 Å². The Hall–Kier alpha value is -2.88. The van der Waals surface area contributed by atoms with Crippen LogP contribution in [0.4, 0.5) is 0 Å². The van der Waals surface area contributed by atoms with Gasteiger partial charge in [-0.1, -0.05) is 48.5 Å². The highest BCUT2D eigenvalue weighted by atomic mass is 16.2. The molecule has 116 valence electrons. The molecular formula is C19H18N2O2. The molecule has 0 aliphatic carbocycles. The summed E-state index contributed by atoms with van der Waals surface area (Å²) in [6.07, 6.45) is 0.737. The molecule has 1 heterocycles. The molecule has 23 heavy (non-hydrogen) atoms. The molecule has 0 fully saturated rings. The minimum absolute atomic E-state index is 0.180. The number of hydrogen-bond acceptors (Lipinski definition) is 2. The number of nitrogens with zero attached hydrogens (tertiary/aromatic N) is 1. The van der Waals surface area contributed by atoms with Crippen molar-refractivity contribution in [1.82, 2.24) is 9.88 Å². The molecular weight excluding hydrogens is 288 g/mol. The lowest BCUT2D eigenvalue weighted by molar-refractivity contribution is 0.0952. The van der Waals surface area contributed by atoms with E-state index in [1.54, 1.807) is 13.1 Å². The van der Waals surface area contributed by atoms with Crippen LogP contribution in [0.2, 0.25) is 0 Å². The van der Waals surface area contributed by atoms with Crippen LogP contribution in [0.15, 0.2) is 65.5 Å². The number of carbonyl (C=O) groups excluding carboxylic acids is 1. The van der Waals surface area contributed by atoms with E-state index in [-0.39, 0.29) is 17.0 Å². The van der Waals surface area contributed by atoms with Gasteiger partial charge in [-0.25, -0.2) is 0 Å². The van der Waals surface area contributed by atoms with Gasteiger partial charge in [-0.05, 0) is 29.5 Å². The first-order valence-electron chi connectivity index (χ1n) is 7.58. The second-order valence-corrected chi connectivity index (χ2v) is 5.47. The van der Waals surface area contributed by atoms with E-state index in [1.807, 2.05) is 54.6 Å². The average molecular weight is 306 g/mol. The molecule has 4 nitrogen and oxygen atoms in total. The van der Waals surface area contributed by atoms with E-state index in [0.29, 0.717) is 6.54 Å². The highest BCUT2D eigenvalue weighted by Crippen LogP contribution is 2.12. The fourth-order valence-electron chi connectivity index (χ4n) is 2.65. The van der Waals surface area contributed by atoms with E-state index in [2.05, 4.69) is 5.32 Å². The van der Waals surface area contributed by atoms with Gasteiger partial charge in [-0.15, -0.1) is 0 Å². The minimum atomic E-state index is -0.327. The summed E-state index contributed by atoms with van der Waals surface area (Å²) in [5.74, 6) is -0.327. The van der Waals surface area contributed by atoms with Crippen molar-refractivity contribution < 1.29 is 4.79 Å². The standard InChI is InChI=1S/C19H18N2O2/c1-21-17-10-6-5-9-15(17)13-16(19(21)23)18(22)20-12-11-14-7-3-2-4-8-14/h2-10,13H,11-12H2,1H3,(H,20,22). The van der Waals surface area contributed by atoms with Crippen molar-refractivity contribution in [3.63, 3.8) is 0 Å². The zero-order valence-corrected chi connectivity index (χ0v) is 13.0. The summed E-state index contributed by atoms with van der Waals surface area (Å²) in [5, 5.41) is 3.71. The van der Waals surface area contributed by atoms with Crippen LogP contribution in [0.5, 0.6) is 0 Å². The van der Waals surface area contributed by atoms with Gasteiger partial charge < -0.3 is 9.88 Å². The molecule has 1 aromatic heterocycles. The first-order chi connectivity index (χ1) is 11.2. The Kier molecular flexibility index (Phi) is 4.24. The second-order valence-electron chi connectivity index (χ2n) is 5.47. The van der Waals surface area contributed by atoms with Crippen LogP contribution in [-0.4, -0.2) is 17.0 Å². The summed E-state index contributed by atoms with van der Waals surface area (Å²) in [6.45, 7) is 0.499. The van der Waals surface area contributed by atoms with Crippen molar-refractivity contribution in [3.8, 4) is 0 Å². The molecule has 0 radical (unpaired) electrons. The number of amides is 1. The quantitative estimate of drug-likeness (QED) is 0.805. The molecule has 0 aliphatic rings. The number of nitrogens with one attached hydrogen (secondary N) is 1. The van der Waals surface area contributed by atoms with E-state index >= 15 is 0 Å². The molecule has 1 amide bonds. The molecule has 0 bridgehead atoms. The molecule has 1 N–H and O–H groups in total. The van der Waals surface area contributed by atoms with Gasteiger partial charge in [0.15, 0.2) is 0 Å². The molecule has 2 aromatic carbocycles. The molecule has 3 aromatic rings. The first-order valence-corrected chi connectivity index (χ1v) is 7.58. The lowest BCUT2D eigenvalue weighted by atomic mass is 10.1. The summed E-state index contributed by atoms with van der Waals surface area (Å²) in [4.78, 5) is 24.7. The van der Waals surface area contributed by atoms with Crippen molar-refractivity contribution in [1.29, 1.82) is 0 Å². The number of pyridine rings is 1. The van der Waals surface area contributed by atoms with E-state index in [4.69, 9.17) is 0 Å². The predicted octanol–water partition coefficient (Wildman–Crippen LogP) is 2.51. The molecule has 0 saturated heterocycles. The van der Waals surface area contributed by atoms with Gasteiger partial charge in [0.1, 0.15) is 5.56 Å². The van der Waals surface area contributed by atoms with Gasteiger partial charge in [0, 0.05) is 13.6 Å². The highest BCUT2D eigenvalue weighted by Gasteiger charge is 2.13. The Morgan fingerprint density at radius 1 is 1.04 bits per heavy atom. The lowest BCUT2D eigenvalue weighted by Gasteiger charge is -2.09. The third-order valence-electron chi connectivity index (χ3n) is 3.92. The fraction of sp³-hybridized carbons (Fsp3) is 0.158. The fourth-order valence-corrected chi connectivity index (χ4v) is 2.65. The molecule has 0 aliphatic heterocycles. The number of benzene rings is 2. The number of rotatable bonds is 4. The van der Waals surface area contributed by atoms with E-state index in [0.717, 1.165) is 22.9 Å². The van der Waals surface area contributed by atoms with E-state index in [9.17, 15) is 9.59 Å². The Labute approximate surface area is 134 Å². The number of hydrogen-bond donors (Lipinski definition) is 1. The Balaban J connectivity index is 1.78. The summed E-state index contributed by atoms with van der Waals surface area (Å²) in [5.41, 5.74) is 1.87. The van der Waals surface area contributed by atoms with Crippen LogP contribution in [0.1, 0.15) is 15.9 Å². The zero-order valence-electron chi connectivity index (χ0n) is 13.0. The number of para-hydroxylation sites is 1. The van der Waals surface area contributed by atoms with Crippen LogP contribution in [0, 0.1) is 0 Å². The van der Waals surface area contributed by atoms with Crippen LogP contribution in [-0.2, 0) is 13.5 Å². The van der Waals surface area contributed by atoms with Crippen LogP contribution >= 0.6 is 0 Å². The van der Waals surface area contributed by atoms with Crippen LogP contribution in [0.25, 0.3) is 10.9 Å². The lowest BCUT2D eigenvalue weighted by Crippen LogP contribution is -2.33. The summed E-state index contributed by atoms with van der Waals surface area (Å²) in [7, 11) is 1.69. The first kappa shape index (κ1) is 15.0. The van der Waals surface area contributed by atoms with Crippen molar-refractivity contribution in [2.75, 3.05) is 6.54 Å². The van der Waals surface area contributed by atoms with Crippen molar-refractivity contribution in [2.45, 2.75) is 6.42 Å². The topological polar surface area (TPSA) is 51.1 Å². The van der Waals surface area contributed by atoms with Crippen molar-refractivity contribution in [3.05, 3.63) is 82.1 Å². The maximum absolute atomic E-state index is 12.4. The molecule has 0 atom stereocenters. The van der Waals surface area contributed by atoms with Gasteiger partial charge in [-0.3, -0.25) is 9.59 Å².